The Morgan fingerprint density at radius 2 is 1.93 bits per heavy atom. The molecule has 0 aliphatic carbocycles. The van der Waals surface area contributed by atoms with Crippen LogP contribution in [0, 0.1) is 0 Å². The number of amides is 1. The summed E-state index contributed by atoms with van der Waals surface area (Å²) >= 11 is 0. The second-order valence-corrected chi connectivity index (χ2v) is 7.41. The molecule has 0 bridgehead atoms. The van der Waals surface area contributed by atoms with E-state index >= 15 is 0 Å². The number of ether oxygens (including phenoxy) is 1. The second kappa shape index (κ2) is 8.09. The third-order valence-electron chi connectivity index (χ3n) is 5.61. The van der Waals surface area contributed by atoms with E-state index in [2.05, 4.69) is 53.2 Å². The van der Waals surface area contributed by atoms with Crippen molar-refractivity contribution in [2.75, 3.05) is 13.2 Å². The predicted molar refractivity (Wildman–Crippen MR) is 113 cm³/mol. The lowest BCUT2D eigenvalue weighted by Gasteiger charge is -2.36. The Morgan fingerprint density at radius 3 is 2.68 bits per heavy atom. The summed E-state index contributed by atoms with van der Waals surface area (Å²) in [6.45, 7) is 5.52. The highest BCUT2D eigenvalue weighted by molar-refractivity contribution is 5.86. The summed E-state index contributed by atoms with van der Waals surface area (Å²) in [5.74, 6) is 1.10. The van der Waals surface area contributed by atoms with E-state index in [1.54, 1.807) is 0 Å². The number of nitrogens with zero attached hydrogens (tertiary/aromatic N) is 1. The van der Waals surface area contributed by atoms with E-state index in [0.717, 1.165) is 48.3 Å². The summed E-state index contributed by atoms with van der Waals surface area (Å²) in [4.78, 5) is 18.7. The monoisotopic (exact) mass is 376 g/mol. The van der Waals surface area contributed by atoms with Gasteiger partial charge in [-0.2, -0.15) is 0 Å². The van der Waals surface area contributed by atoms with Crippen LogP contribution in [0.1, 0.15) is 56.0 Å². The Bertz CT molecular complexity index is 958. The zero-order valence-electron chi connectivity index (χ0n) is 16.7. The number of aromatic amines is 1. The van der Waals surface area contributed by atoms with Gasteiger partial charge in [0.15, 0.2) is 0 Å². The Morgan fingerprint density at radius 1 is 1.14 bits per heavy atom. The Balaban J connectivity index is 1.77. The summed E-state index contributed by atoms with van der Waals surface area (Å²) < 4.78 is 5.60. The Labute approximate surface area is 166 Å². The zero-order valence-corrected chi connectivity index (χ0v) is 16.7. The van der Waals surface area contributed by atoms with E-state index in [4.69, 9.17) is 4.74 Å². The molecule has 2 aromatic carbocycles. The second-order valence-electron chi connectivity index (χ2n) is 7.41. The zero-order chi connectivity index (χ0) is 19.5. The average molecular weight is 377 g/mol. The first kappa shape index (κ1) is 18.6. The number of fused-ring (bicyclic) bond motifs is 3. The molecular formula is C24H28N2O2. The fourth-order valence-corrected chi connectivity index (χ4v) is 4.24. The van der Waals surface area contributed by atoms with E-state index in [0.29, 0.717) is 13.0 Å². The van der Waals surface area contributed by atoms with Crippen molar-refractivity contribution in [1.29, 1.82) is 0 Å². The van der Waals surface area contributed by atoms with Gasteiger partial charge in [0, 0.05) is 29.6 Å². The van der Waals surface area contributed by atoms with E-state index in [9.17, 15) is 4.79 Å². The summed E-state index contributed by atoms with van der Waals surface area (Å²) in [6.07, 6.45) is 3.47. The third-order valence-corrected chi connectivity index (χ3v) is 5.61. The van der Waals surface area contributed by atoms with Crippen LogP contribution in [0.3, 0.4) is 0 Å². The maximum Gasteiger partial charge on any atom is 0.223 e. The molecule has 3 aromatic rings. The average Bonchev–Trinajstić information content (AvgIpc) is 3.11. The first-order chi connectivity index (χ1) is 13.7. The van der Waals surface area contributed by atoms with Crippen LogP contribution in [-0.2, 0) is 11.2 Å². The van der Waals surface area contributed by atoms with E-state index < -0.39 is 0 Å². The van der Waals surface area contributed by atoms with E-state index in [1.807, 2.05) is 19.1 Å². The van der Waals surface area contributed by atoms with Crippen molar-refractivity contribution >= 4 is 16.8 Å². The van der Waals surface area contributed by atoms with Crippen LogP contribution in [-0.4, -0.2) is 28.9 Å². The van der Waals surface area contributed by atoms with Crippen molar-refractivity contribution in [3.8, 4) is 5.75 Å². The molecule has 1 N–H and O–H groups in total. The molecule has 1 atom stereocenters. The van der Waals surface area contributed by atoms with Gasteiger partial charge in [0.1, 0.15) is 5.75 Å². The van der Waals surface area contributed by atoms with Crippen molar-refractivity contribution < 1.29 is 9.53 Å². The van der Waals surface area contributed by atoms with Crippen LogP contribution in [0.25, 0.3) is 10.9 Å². The highest BCUT2D eigenvalue weighted by atomic mass is 16.5. The smallest absolute Gasteiger partial charge is 0.223 e. The van der Waals surface area contributed by atoms with Gasteiger partial charge in [0.25, 0.3) is 0 Å². The molecule has 1 amide bonds. The molecule has 0 radical (unpaired) electrons. The van der Waals surface area contributed by atoms with Gasteiger partial charge in [0.05, 0.1) is 12.6 Å². The minimum Gasteiger partial charge on any atom is -0.494 e. The molecule has 146 valence electrons. The fourth-order valence-electron chi connectivity index (χ4n) is 4.24. The molecule has 1 aliphatic heterocycles. The van der Waals surface area contributed by atoms with Gasteiger partial charge >= 0.3 is 0 Å². The van der Waals surface area contributed by atoms with Crippen LogP contribution in [0.5, 0.6) is 5.75 Å². The number of para-hydroxylation sites is 1. The van der Waals surface area contributed by atoms with Crippen LogP contribution in [0.15, 0.2) is 48.5 Å². The molecule has 0 saturated heterocycles. The summed E-state index contributed by atoms with van der Waals surface area (Å²) in [7, 11) is 0. The standard InChI is InChI=1S/C24H28N2O2/c1-3-5-10-22(27)26-16-15-20-19-8-6-7-9-21(19)25-23(20)24(26)17-11-13-18(14-12-17)28-4-2/h6-9,11-14,24-25H,3-5,10,15-16H2,1-2H3. The van der Waals surface area contributed by atoms with Gasteiger partial charge in [-0.25, -0.2) is 0 Å². The maximum atomic E-state index is 13.0. The maximum absolute atomic E-state index is 13.0. The van der Waals surface area contributed by atoms with Crippen molar-refractivity contribution in [2.24, 2.45) is 0 Å². The first-order valence-electron chi connectivity index (χ1n) is 10.3. The number of carbonyl (C=O) groups excluding carboxylic acids is 1. The van der Waals surface area contributed by atoms with Crippen molar-refractivity contribution in [3.63, 3.8) is 0 Å². The largest absolute Gasteiger partial charge is 0.494 e. The van der Waals surface area contributed by atoms with Crippen molar-refractivity contribution in [2.45, 2.75) is 45.6 Å². The molecule has 28 heavy (non-hydrogen) atoms. The van der Waals surface area contributed by atoms with Crippen molar-refractivity contribution in [3.05, 3.63) is 65.4 Å². The third kappa shape index (κ3) is 3.39. The molecule has 4 heteroatoms. The van der Waals surface area contributed by atoms with Crippen LogP contribution in [0.4, 0.5) is 0 Å². The SMILES string of the molecule is CCCCC(=O)N1CCc2c([nH]c3ccccc23)C1c1ccc(OCC)cc1. The summed E-state index contributed by atoms with van der Waals surface area (Å²) in [6, 6.07) is 16.6. The van der Waals surface area contributed by atoms with Gasteiger partial charge < -0.3 is 14.6 Å². The van der Waals surface area contributed by atoms with Gasteiger partial charge in [0.2, 0.25) is 5.91 Å². The number of carbonyl (C=O) groups is 1. The van der Waals surface area contributed by atoms with Gasteiger partial charge in [-0.3, -0.25) is 4.79 Å². The molecule has 1 aliphatic rings. The highest BCUT2D eigenvalue weighted by Crippen LogP contribution is 2.39. The molecule has 0 spiro atoms. The molecule has 2 heterocycles. The normalized spacial score (nSPS) is 16.2. The number of nitrogens with one attached hydrogen (secondary N) is 1. The summed E-state index contributed by atoms with van der Waals surface area (Å²) in [5.41, 5.74) is 4.77. The Hall–Kier alpha value is -2.75. The minimum atomic E-state index is -0.0730. The topological polar surface area (TPSA) is 45.3 Å². The minimum absolute atomic E-state index is 0.0730. The molecule has 1 aromatic heterocycles. The quantitative estimate of drug-likeness (QED) is 0.640. The molecule has 4 rings (SSSR count). The molecule has 0 fully saturated rings. The van der Waals surface area contributed by atoms with Crippen LogP contribution in [0.2, 0.25) is 0 Å². The number of aromatic nitrogens is 1. The molecule has 1 unspecified atom stereocenters. The van der Waals surface area contributed by atoms with E-state index in [1.165, 1.54) is 10.9 Å². The van der Waals surface area contributed by atoms with Gasteiger partial charge in [-0.05, 0) is 49.1 Å². The summed E-state index contributed by atoms with van der Waals surface area (Å²) in [5, 5.41) is 1.27. The lowest BCUT2D eigenvalue weighted by atomic mass is 9.92. The number of H-pyrrole nitrogens is 1. The molecule has 4 nitrogen and oxygen atoms in total. The van der Waals surface area contributed by atoms with Gasteiger partial charge in [-0.1, -0.05) is 43.7 Å². The van der Waals surface area contributed by atoms with Crippen molar-refractivity contribution in [1.82, 2.24) is 9.88 Å². The van der Waals surface area contributed by atoms with Crippen LogP contribution < -0.4 is 4.74 Å². The number of hydrogen-bond donors (Lipinski definition) is 1. The van der Waals surface area contributed by atoms with Crippen LogP contribution >= 0.6 is 0 Å². The predicted octanol–water partition coefficient (Wildman–Crippen LogP) is 5.23. The van der Waals surface area contributed by atoms with Gasteiger partial charge in [-0.15, -0.1) is 0 Å². The number of unbranched alkanes of at least 4 members (excludes halogenated alkanes) is 1. The number of hydrogen-bond acceptors (Lipinski definition) is 2. The fraction of sp³-hybridized carbons (Fsp3) is 0.375. The Kier molecular flexibility index (Phi) is 5.38. The molecular weight excluding hydrogens is 348 g/mol. The molecule has 0 saturated carbocycles. The van der Waals surface area contributed by atoms with E-state index in [-0.39, 0.29) is 11.9 Å². The highest BCUT2D eigenvalue weighted by Gasteiger charge is 2.34. The number of benzene rings is 2. The number of rotatable bonds is 6. The first-order valence-corrected chi connectivity index (χ1v) is 10.3. The lowest BCUT2D eigenvalue weighted by Crippen LogP contribution is -2.40. The lowest BCUT2D eigenvalue weighted by molar-refractivity contribution is -0.133.